The minimum Gasteiger partial charge on any atom is -0.726 e. The van der Waals surface area contributed by atoms with Crippen LogP contribution in [0.3, 0.4) is 0 Å². The molecule has 274 valence electrons. The van der Waals surface area contributed by atoms with Gasteiger partial charge >= 0.3 is 0 Å². The van der Waals surface area contributed by atoms with E-state index in [9.17, 15) is 43.3 Å². The van der Waals surface area contributed by atoms with Crippen LogP contribution in [-0.4, -0.2) is 100 Å². The summed E-state index contributed by atoms with van der Waals surface area (Å²) < 4.78 is 59.0. The standard InChI is InChI=1S/C34H54O13S/c1-15(2)16(3)27-29(45-27)34(6,40)23-8-7-19-18-14-22(47-48(41,42)43)21-13-17(9-11-32(21,4)20(18)10-12-33(19,23)5)44-31-26(37)24(35)25(36)28(46-31)30(38)39/h10,15-19,21-29,31,35-37,40H,7-9,11-14H2,1-6H3,(H,38,39)(H,41,42,43)/p-2/t16-,17-,18-,19-,21+,22-,23-,24-,25-,26+,27-,28-,29+,31+,32+,33-,34+/m0/s1. The maximum Gasteiger partial charge on any atom is 0.217 e. The number of hydrogen-bond acceptors (Lipinski definition) is 13. The van der Waals surface area contributed by atoms with Crippen LogP contribution in [0.4, 0.5) is 0 Å². The number of hydrogen-bond donors (Lipinski definition) is 4. The molecule has 13 nitrogen and oxygen atoms in total. The average molecular weight is 701 g/mol. The average Bonchev–Trinajstić information content (AvgIpc) is 3.72. The van der Waals surface area contributed by atoms with Gasteiger partial charge in [-0.25, -0.2) is 8.42 Å². The fourth-order valence-corrected chi connectivity index (χ4v) is 11.3. The highest BCUT2D eigenvalue weighted by atomic mass is 32.3. The number of epoxide rings is 1. The summed E-state index contributed by atoms with van der Waals surface area (Å²) in [4.78, 5) is 11.5. The van der Waals surface area contributed by atoms with E-state index in [4.69, 9.17) is 18.4 Å². The van der Waals surface area contributed by atoms with Gasteiger partial charge < -0.3 is 49.1 Å². The Labute approximate surface area is 282 Å². The minimum absolute atomic E-state index is 0.00396. The van der Waals surface area contributed by atoms with Crippen molar-refractivity contribution in [2.24, 2.45) is 46.3 Å². The highest BCUT2D eigenvalue weighted by Crippen LogP contribution is 2.68. The number of aliphatic hydroxyl groups is 4. The number of allylic oxidation sites excluding steroid dienone is 2. The molecule has 4 N–H and O–H groups in total. The number of aliphatic carboxylic acids is 1. The minimum atomic E-state index is -5.08. The molecule has 0 aromatic carbocycles. The molecule has 5 fully saturated rings. The summed E-state index contributed by atoms with van der Waals surface area (Å²) in [6.45, 7) is 12.7. The third kappa shape index (κ3) is 6.09. The van der Waals surface area contributed by atoms with Crippen molar-refractivity contribution in [3.05, 3.63) is 11.6 Å². The summed E-state index contributed by atoms with van der Waals surface area (Å²) in [5, 5.41) is 54.4. The van der Waals surface area contributed by atoms with E-state index in [1.165, 1.54) is 5.57 Å². The second kappa shape index (κ2) is 12.5. The summed E-state index contributed by atoms with van der Waals surface area (Å²) in [5.41, 5.74) is -0.671. The quantitative estimate of drug-likeness (QED) is 0.0860. The molecule has 0 aromatic heterocycles. The van der Waals surface area contributed by atoms with Gasteiger partial charge in [0.15, 0.2) is 6.29 Å². The van der Waals surface area contributed by atoms with E-state index in [2.05, 4.69) is 40.7 Å². The lowest BCUT2D eigenvalue weighted by Gasteiger charge is -2.59. The summed E-state index contributed by atoms with van der Waals surface area (Å²) in [6.07, 6.45) is -4.78. The largest absolute Gasteiger partial charge is 0.726 e. The first-order valence-electron chi connectivity index (χ1n) is 17.5. The van der Waals surface area contributed by atoms with Gasteiger partial charge in [-0.2, -0.15) is 0 Å². The lowest BCUT2D eigenvalue weighted by atomic mass is 9.47. The van der Waals surface area contributed by atoms with Gasteiger partial charge in [0.1, 0.15) is 30.5 Å². The maximum atomic E-state index is 12.1. The van der Waals surface area contributed by atoms with E-state index in [0.717, 1.165) is 19.3 Å². The first-order valence-corrected chi connectivity index (χ1v) is 18.8. The van der Waals surface area contributed by atoms with Crippen LogP contribution >= 0.6 is 0 Å². The van der Waals surface area contributed by atoms with Crippen molar-refractivity contribution in [3.63, 3.8) is 0 Å². The molecule has 2 aliphatic heterocycles. The Balaban J connectivity index is 1.24. The van der Waals surface area contributed by atoms with E-state index in [-0.39, 0.29) is 41.8 Å². The molecule has 6 rings (SSSR count). The highest BCUT2D eigenvalue weighted by molar-refractivity contribution is 7.80. The first-order chi connectivity index (χ1) is 22.2. The van der Waals surface area contributed by atoms with Gasteiger partial charge in [-0.3, -0.25) is 4.18 Å². The molecule has 2 saturated heterocycles. The molecule has 6 aliphatic rings. The Bertz CT molecular complexity index is 1380. The van der Waals surface area contributed by atoms with Crippen molar-refractivity contribution < 1.29 is 61.7 Å². The number of ether oxygens (including phenoxy) is 3. The van der Waals surface area contributed by atoms with Gasteiger partial charge in [0.05, 0.1) is 29.9 Å². The van der Waals surface area contributed by atoms with Crippen molar-refractivity contribution in [1.82, 2.24) is 0 Å². The van der Waals surface area contributed by atoms with Gasteiger partial charge in [0.25, 0.3) is 0 Å². The van der Waals surface area contributed by atoms with Crippen LogP contribution in [0.5, 0.6) is 0 Å². The van der Waals surface area contributed by atoms with E-state index < -0.39 is 76.2 Å². The van der Waals surface area contributed by atoms with Crippen LogP contribution < -0.4 is 5.11 Å². The molecule has 17 atom stereocenters. The van der Waals surface area contributed by atoms with E-state index in [0.29, 0.717) is 31.1 Å². The van der Waals surface area contributed by atoms with Crippen LogP contribution in [0.25, 0.3) is 0 Å². The summed E-state index contributed by atoms with van der Waals surface area (Å²) >= 11 is 0. The predicted octanol–water partition coefficient (Wildman–Crippen LogP) is 0.774. The SMILES string of the molecule is CC(C)[C@H](C)[C@@H]1O[C@H]1[C@](C)(O)[C@H]1CC[C@H]2[C@@H]3C[C@H](OS(=O)(=O)[O-])[C@H]4C[C@@H](O[C@@H]5O[C@H](C(=O)[O-])[C@@H](O)[C@H](O)[C@H]5O)CC[C@]4(C)C3=CC[C@]12C. The fourth-order valence-electron chi connectivity index (χ4n) is 10.8. The van der Waals surface area contributed by atoms with Gasteiger partial charge in [-0.05, 0) is 98.2 Å². The lowest BCUT2D eigenvalue weighted by Crippen LogP contribution is -2.63. The van der Waals surface area contributed by atoms with Crippen molar-refractivity contribution in [2.75, 3.05) is 0 Å². The van der Waals surface area contributed by atoms with Crippen molar-refractivity contribution >= 4 is 16.4 Å². The molecule has 2 heterocycles. The van der Waals surface area contributed by atoms with Crippen LogP contribution in [0.1, 0.15) is 86.5 Å². The second-order valence-electron chi connectivity index (χ2n) is 16.6. The molecular formula is C34H52O13S-2. The van der Waals surface area contributed by atoms with Crippen molar-refractivity contribution in [3.8, 4) is 0 Å². The molecule has 3 saturated carbocycles. The van der Waals surface area contributed by atoms with E-state index in [1.54, 1.807) is 0 Å². The number of carboxylic acids is 1. The Morgan fingerprint density at radius 1 is 1.04 bits per heavy atom. The Kier molecular flexibility index (Phi) is 9.52. The van der Waals surface area contributed by atoms with Gasteiger partial charge in [-0.15, -0.1) is 0 Å². The van der Waals surface area contributed by atoms with Crippen LogP contribution in [0.2, 0.25) is 0 Å². The number of aliphatic hydroxyl groups excluding tert-OH is 3. The number of carbonyl (C=O) groups is 1. The third-order valence-electron chi connectivity index (χ3n) is 13.7. The fraction of sp³-hybridized carbons (Fsp3) is 0.912. The Morgan fingerprint density at radius 2 is 1.73 bits per heavy atom. The van der Waals surface area contributed by atoms with Crippen LogP contribution in [-0.2, 0) is 33.6 Å². The molecule has 4 aliphatic carbocycles. The molecule has 0 radical (unpaired) electrons. The predicted molar refractivity (Wildman–Crippen MR) is 165 cm³/mol. The molecule has 0 amide bonds. The number of fused-ring (bicyclic) bond motifs is 5. The third-order valence-corrected chi connectivity index (χ3v) is 14.2. The monoisotopic (exact) mass is 700 g/mol. The zero-order valence-corrected chi connectivity index (χ0v) is 29.4. The molecule has 0 aromatic rings. The van der Waals surface area contributed by atoms with Gasteiger partial charge in [0, 0.05) is 0 Å². The molecular weight excluding hydrogens is 648 g/mol. The Morgan fingerprint density at radius 3 is 2.35 bits per heavy atom. The van der Waals surface area contributed by atoms with Gasteiger partial charge in [0.2, 0.25) is 10.4 Å². The number of carbonyl (C=O) groups excluding carboxylic acids is 1. The molecule has 14 heteroatoms. The van der Waals surface area contributed by atoms with Crippen LogP contribution in [0, 0.1) is 46.3 Å². The second-order valence-corrected chi connectivity index (χ2v) is 17.6. The van der Waals surface area contributed by atoms with Crippen molar-refractivity contribution in [2.45, 2.75) is 147 Å². The lowest BCUT2D eigenvalue weighted by molar-refractivity contribution is -0.354. The maximum absolute atomic E-state index is 12.1. The zero-order chi connectivity index (χ0) is 35.3. The number of carboxylic acid groups (broad SMARTS) is 1. The van der Waals surface area contributed by atoms with Crippen LogP contribution in [0.15, 0.2) is 11.6 Å². The zero-order valence-electron chi connectivity index (χ0n) is 28.6. The van der Waals surface area contributed by atoms with Gasteiger partial charge in [-0.1, -0.05) is 46.3 Å². The Hall–Kier alpha value is -1.20. The number of rotatable bonds is 9. The smallest absolute Gasteiger partial charge is 0.217 e. The topological polar surface area (TPSA) is 218 Å². The summed E-state index contributed by atoms with van der Waals surface area (Å²) in [5.74, 6) is -1.49. The van der Waals surface area contributed by atoms with E-state index >= 15 is 0 Å². The highest BCUT2D eigenvalue weighted by Gasteiger charge is 2.66. The van der Waals surface area contributed by atoms with E-state index in [1.807, 2.05) is 6.92 Å². The normalized spacial score (nSPS) is 49.2. The molecule has 0 spiro atoms. The summed E-state index contributed by atoms with van der Waals surface area (Å²) in [6, 6.07) is 0. The first kappa shape index (κ1) is 36.6. The molecule has 0 unspecified atom stereocenters. The molecule has 0 bridgehead atoms. The van der Waals surface area contributed by atoms with Crippen molar-refractivity contribution in [1.29, 1.82) is 0 Å². The molecule has 48 heavy (non-hydrogen) atoms. The summed E-state index contributed by atoms with van der Waals surface area (Å²) in [7, 11) is -5.08.